The summed E-state index contributed by atoms with van der Waals surface area (Å²) in [6, 6.07) is 0. The molecule has 1 saturated heterocycles. The maximum atomic E-state index is 12.3. The molecule has 1 aliphatic carbocycles. The zero-order valence-corrected chi connectivity index (χ0v) is 9.95. The summed E-state index contributed by atoms with van der Waals surface area (Å²) in [4.78, 5) is 14.2. The Labute approximate surface area is 97.3 Å². The van der Waals surface area contributed by atoms with Crippen molar-refractivity contribution >= 4 is 5.91 Å². The lowest BCUT2D eigenvalue weighted by Crippen LogP contribution is -2.55. The van der Waals surface area contributed by atoms with Crippen LogP contribution in [0.1, 0.15) is 38.5 Å². The third kappa shape index (κ3) is 2.23. The first-order chi connectivity index (χ1) is 7.65. The number of nitrogens with zero attached hydrogens (tertiary/aromatic N) is 1. The lowest BCUT2D eigenvalue weighted by molar-refractivity contribution is -0.138. The van der Waals surface area contributed by atoms with Gasteiger partial charge in [-0.25, -0.2) is 0 Å². The van der Waals surface area contributed by atoms with Crippen molar-refractivity contribution in [3.63, 3.8) is 0 Å². The Morgan fingerprint density at radius 3 is 2.31 bits per heavy atom. The van der Waals surface area contributed by atoms with E-state index >= 15 is 0 Å². The molecule has 0 aromatic rings. The standard InChI is InChI=1S/C12H23N3O/c13-9-10-3-7-15(8-4-10)11(16)12(14)5-1-2-6-12/h10H,1-9,13-14H2. The van der Waals surface area contributed by atoms with Crippen molar-refractivity contribution in [2.45, 2.75) is 44.1 Å². The van der Waals surface area contributed by atoms with E-state index in [1.54, 1.807) is 0 Å². The Bertz CT molecular complexity index is 253. The molecule has 2 rings (SSSR count). The summed E-state index contributed by atoms with van der Waals surface area (Å²) in [7, 11) is 0. The summed E-state index contributed by atoms with van der Waals surface area (Å²) in [5, 5.41) is 0. The Morgan fingerprint density at radius 2 is 1.81 bits per heavy atom. The van der Waals surface area contributed by atoms with Gasteiger partial charge in [0.15, 0.2) is 0 Å². The maximum absolute atomic E-state index is 12.3. The van der Waals surface area contributed by atoms with Crippen molar-refractivity contribution in [3.05, 3.63) is 0 Å². The molecule has 4 heteroatoms. The largest absolute Gasteiger partial charge is 0.341 e. The van der Waals surface area contributed by atoms with Crippen molar-refractivity contribution < 1.29 is 4.79 Å². The molecule has 1 aliphatic heterocycles. The van der Waals surface area contributed by atoms with Crippen molar-refractivity contribution in [1.29, 1.82) is 0 Å². The highest BCUT2D eigenvalue weighted by atomic mass is 16.2. The first-order valence-electron chi connectivity index (χ1n) is 6.44. The molecule has 1 saturated carbocycles. The Balaban J connectivity index is 1.91. The highest BCUT2D eigenvalue weighted by Gasteiger charge is 2.40. The van der Waals surface area contributed by atoms with Crippen LogP contribution in [0, 0.1) is 5.92 Å². The molecule has 0 aromatic heterocycles. The number of rotatable bonds is 2. The fourth-order valence-electron chi connectivity index (χ4n) is 2.91. The number of piperidine rings is 1. The molecule has 16 heavy (non-hydrogen) atoms. The highest BCUT2D eigenvalue weighted by molar-refractivity contribution is 5.86. The summed E-state index contributed by atoms with van der Waals surface area (Å²) in [6.45, 7) is 2.44. The topological polar surface area (TPSA) is 72.3 Å². The molecule has 92 valence electrons. The normalized spacial score (nSPS) is 26.0. The Morgan fingerprint density at radius 1 is 1.25 bits per heavy atom. The van der Waals surface area contributed by atoms with Gasteiger partial charge >= 0.3 is 0 Å². The molecular formula is C12H23N3O. The number of carbonyl (C=O) groups is 1. The van der Waals surface area contributed by atoms with E-state index in [-0.39, 0.29) is 5.91 Å². The highest BCUT2D eigenvalue weighted by Crippen LogP contribution is 2.30. The lowest BCUT2D eigenvalue weighted by atomic mass is 9.92. The van der Waals surface area contributed by atoms with E-state index in [4.69, 9.17) is 11.5 Å². The second kappa shape index (κ2) is 4.72. The summed E-state index contributed by atoms with van der Waals surface area (Å²) in [6.07, 6.45) is 6.00. The number of hydrogen-bond donors (Lipinski definition) is 2. The monoisotopic (exact) mass is 225 g/mol. The number of likely N-dealkylation sites (tertiary alicyclic amines) is 1. The van der Waals surface area contributed by atoms with Crippen LogP contribution >= 0.6 is 0 Å². The quantitative estimate of drug-likeness (QED) is 0.717. The second-order valence-corrected chi connectivity index (χ2v) is 5.33. The van der Waals surface area contributed by atoms with Crippen molar-refractivity contribution in [2.75, 3.05) is 19.6 Å². The zero-order chi connectivity index (χ0) is 11.6. The fourth-order valence-corrected chi connectivity index (χ4v) is 2.91. The molecule has 1 amide bonds. The summed E-state index contributed by atoms with van der Waals surface area (Å²) >= 11 is 0. The predicted octanol–water partition coefficient (Wildman–Crippen LogP) is 0.455. The van der Waals surface area contributed by atoms with Crippen molar-refractivity contribution in [2.24, 2.45) is 17.4 Å². The van der Waals surface area contributed by atoms with E-state index < -0.39 is 5.54 Å². The third-order valence-electron chi connectivity index (χ3n) is 4.16. The minimum absolute atomic E-state index is 0.181. The van der Waals surface area contributed by atoms with Crippen molar-refractivity contribution in [3.8, 4) is 0 Å². The molecule has 0 bridgehead atoms. The Hall–Kier alpha value is -0.610. The van der Waals surface area contributed by atoms with E-state index in [0.717, 1.165) is 58.2 Å². The molecular weight excluding hydrogens is 202 g/mol. The van der Waals surface area contributed by atoms with Gasteiger partial charge < -0.3 is 16.4 Å². The van der Waals surface area contributed by atoms with Gasteiger partial charge in [-0.3, -0.25) is 4.79 Å². The third-order valence-corrected chi connectivity index (χ3v) is 4.16. The van der Waals surface area contributed by atoms with Crippen LogP contribution < -0.4 is 11.5 Å². The number of nitrogens with two attached hydrogens (primary N) is 2. The molecule has 2 fully saturated rings. The first-order valence-corrected chi connectivity index (χ1v) is 6.44. The smallest absolute Gasteiger partial charge is 0.242 e. The van der Waals surface area contributed by atoms with Crippen LogP contribution in [0.15, 0.2) is 0 Å². The number of amides is 1. The van der Waals surface area contributed by atoms with Gasteiger partial charge in [0.2, 0.25) is 5.91 Å². The Kier molecular flexibility index (Phi) is 3.50. The van der Waals surface area contributed by atoms with Crippen LogP contribution in [-0.4, -0.2) is 36.0 Å². The van der Waals surface area contributed by atoms with Gasteiger partial charge in [-0.1, -0.05) is 12.8 Å². The molecule has 4 N–H and O–H groups in total. The molecule has 0 unspecified atom stereocenters. The van der Waals surface area contributed by atoms with Crippen LogP contribution in [0.2, 0.25) is 0 Å². The van der Waals surface area contributed by atoms with Crippen LogP contribution in [0.3, 0.4) is 0 Å². The van der Waals surface area contributed by atoms with Gasteiger partial charge in [0.05, 0.1) is 5.54 Å². The van der Waals surface area contributed by atoms with Gasteiger partial charge in [-0.15, -0.1) is 0 Å². The van der Waals surface area contributed by atoms with Crippen LogP contribution in [-0.2, 0) is 4.79 Å². The molecule has 1 heterocycles. The van der Waals surface area contributed by atoms with Crippen LogP contribution in [0.25, 0.3) is 0 Å². The molecule has 2 aliphatic rings. The summed E-state index contributed by atoms with van der Waals surface area (Å²) in [5.41, 5.74) is 11.3. The molecule has 4 nitrogen and oxygen atoms in total. The SMILES string of the molecule is NCC1CCN(C(=O)C2(N)CCCC2)CC1. The van der Waals surface area contributed by atoms with E-state index in [2.05, 4.69) is 0 Å². The van der Waals surface area contributed by atoms with Gasteiger partial charge in [0, 0.05) is 13.1 Å². The molecule has 0 spiro atoms. The summed E-state index contributed by atoms with van der Waals surface area (Å²) in [5.74, 6) is 0.779. The van der Waals surface area contributed by atoms with Gasteiger partial charge in [-0.05, 0) is 38.1 Å². The average molecular weight is 225 g/mol. The average Bonchev–Trinajstić information content (AvgIpc) is 2.77. The number of carbonyl (C=O) groups excluding carboxylic acids is 1. The minimum atomic E-state index is -0.546. The maximum Gasteiger partial charge on any atom is 0.242 e. The zero-order valence-electron chi connectivity index (χ0n) is 9.95. The molecule has 0 radical (unpaired) electrons. The van der Waals surface area contributed by atoms with Crippen LogP contribution in [0.5, 0.6) is 0 Å². The van der Waals surface area contributed by atoms with Crippen molar-refractivity contribution in [1.82, 2.24) is 4.90 Å². The van der Waals surface area contributed by atoms with Gasteiger partial charge in [0.25, 0.3) is 0 Å². The molecule has 0 aromatic carbocycles. The van der Waals surface area contributed by atoms with E-state index in [1.807, 2.05) is 4.90 Å². The minimum Gasteiger partial charge on any atom is -0.341 e. The lowest BCUT2D eigenvalue weighted by Gasteiger charge is -2.36. The fraction of sp³-hybridized carbons (Fsp3) is 0.917. The van der Waals surface area contributed by atoms with E-state index in [1.165, 1.54) is 0 Å². The second-order valence-electron chi connectivity index (χ2n) is 5.33. The first kappa shape index (κ1) is 11.9. The van der Waals surface area contributed by atoms with Crippen LogP contribution in [0.4, 0.5) is 0 Å². The van der Waals surface area contributed by atoms with Gasteiger partial charge in [0.1, 0.15) is 0 Å². The molecule has 0 atom stereocenters. The summed E-state index contributed by atoms with van der Waals surface area (Å²) < 4.78 is 0. The number of hydrogen-bond acceptors (Lipinski definition) is 3. The van der Waals surface area contributed by atoms with E-state index in [0.29, 0.717) is 5.92 Å². The van der Waals surface area contributed by atoms with E-state index in [9.17, 15) is 4.79 Å². The van der Waals surface area contributed by atoms with Gasteiger partial charge in [-0.2, -0.15) is 0 Å². The predicted molar refractivity (Wildman–Crippen MR) is 63.7 cm³/mol.